The number of anilines is 5. The third-order valence-electron chi connectivity index (χ3n) is 4.37. The Bertz CT molecular complexity index is 1210. The van der Waals surface area contributed by atoms with Crippen molar-refractivity contribution in [1.29, 1.82) is 0 Å². The predicted octanol–water partition coefficient (Wildman–Crippen LogP) is 4.29. The molecule has 29 heavy (non-hydrogen) atoms. The molecule has 8 heteroatoms. The lowest BCUT2D eigenvalue weighted by Crippen LogP contribution is -2.09. The monoisotopic (exact) mass is 407 g/mol. The van der Waals surface area contributed by atoms with Crippen molar-refractivity contribution >= 4 is 44.9 Å². The molecule has 1 aliphatic carbocycles. The van der Waals surface area contributed by atoms with Crippen LogP contribution in [0.3, 0.4) is 0 Å². The molecule has 0 bridgehead atoms. The van der Waals surface area contributed by atoms with E-state index in [1.54, 1.807) is 30.5 Å². The summed E-state index contributed by atoms with van der Waals surface area (Å²) in [6.45, 7) is 2.13. The molecule has 0 unspecified atom stereocenters. The molecular formula is C21H21N5O2S. The standard InChI is InChI=1S/C21H21N5O2S/c1-14-10-15-6-7-18(12-16(15)11-14)23-20-8-9-22-21(25-20)24-17-4-3-5-19(13-17)26-29(2,27)28/h3-9,11-13,26H,10H2,1-2H3,(H2,22,23,24,25). The van der Waals surface area contributed by atoms with Crippen LogP contribution in [0.2, 0.25) is 0 Å². The van der Waals surface area contributed by atoms with Crippen LogP contribution in [0, 0.1) is 0 Å². The number of hydrogen-bond acceptors (Lipinski definition) is 6. The number of fused-ring (bicyclic) bond motifs is 1. The Hall–Kier alpha value is -3.39. The number of nitrogens with zero attached hydrogens (tertiary/aromatic N) is 2. The zero-order valence-corrected chi connectivity index (χ0v) is 16.9. The van der Waals surface area contributed by atoms with Crippen LogP contribution in [0.5, 0.6) is 0 Å². The molecule has 0 fully saturated rings. The van der Waals surface area contributed by atoms with Gasteiger partial charge in [0.05, 0.1) is 11.9 Å². The van der Waals surface area contributed by atoms with Crippen molar-refractivity contribution in [1.82, 2.24) is 9.97 Å². The highest BCUT2D eigenvalue weighted by Crippen LogP contribution is 2.28. The van der Waals surface area contributed by atoms with Crippen LogP contribution in [-0.2, 0) is 16.4 Å². The lowest BCUT2D eigenvalue weighted by molar-refractivity contribution is 0.607. The minimum absolute atomic E-state index is 0.406. The van der Waals surface area contributed by atoms with Gasteiger partial charge in [0.2, 0.25) is 16.0 Å². The largest absolute Gasteiger partial charge is 0.340 e. The average Bonchev–Trinajstić information content (AvgIpc) is 3.00. The van der Waals surface area contributed by atoms with Gasteiger partial charge in [0, 0.05) is 17.6 Å². The van der Waals surface area contributed by atoms with E-state index >= 15 is 0 Å². The molecule has 1 heterocycles. The van der Waals surface area contributed by atoms with E-state index in [9.17, 15) is 8.42 Å². The fourth-order valence-electron chi connectivity index (χ4n) is 3.22. The van der Waals surface area contributed by atoms with Gasteiger partial charge in [-0.05, 0) is 60.9 Å². The first-order valence-corrected chi connectivity index (χ1v) is 11.0. The highest BCUT2D eigenvalue weighted by molar-refractivity contribution is 7.92. The highest BCUT2D eigenvalue weighted by Gasteiger charge is 2.10. The summed E-state index contributed by atoms with van der Waals surface area (Å²) in [7, 11) is -3.34. The van der Waals surface area contributed by atoms with Gasteiger partial charge in [-0.2, -0.15) is 4.98 Å². The average molecular weight is 407 g/mol. The summed E-state index contributed by atoms with van der Waals surface area (Å²) in [6.07, 6.45) is 5.98. The fourth-order valence-corrected chi connectivity index (χ4v) is 3.78. The maximum Gasteiger partial charge on any atom is 0.229 e. The second-order valence-electron chi connectivity index (χ2n) is 7.05. The van der Waals surface area contributed by atoms with Gasteiger partial charge in [-0.15, -0.1) is 0 Å². The van der Waals surface area contributed by atoms with E-state index in [1.807, 2.05) is 12.1 Å². The molecule has 0 spiro atoms. The van der Waals surface area contributed by atoms with Crippen LogP contribution in [0.15, 0.2) is 60.3 Å². The summed E-state index contributed by atoms with van der Waals surface area (Å²) in [5.74, 6) is 1.06. The van der Waals surface area contributed by atoms with E-state index in [1.165, 1.54) is 16.7 Å². The Morgan fingerprint density at radius 2 is 1.76 bits per heavy atom. The summed E-state index contributed by atoms with van der Waals surface area (Å²) < 4.78 is 25.3. The molecule has 0 saturated carbocycles. The molecular weight excluding hydrogens is 386 g/mol. The smallest absolute Gasteiger partial charge is 0.229 e. The molecule has 0 amide bonds. The molecule has 1 aliphatic rings. The molecule has 0 aliphatic heterocycles. The normalized spacial score (nSPS) is 12.8. The summed E-state index contributed by atoms with van der Waals surface area (Å²) in [5.41, 5.74) is 6.02. The molecule has 3 N–H and O–H groups in total. The minimum Gasteiger partial charge on any atom is -0.340 e. The highest BCUT2D eigenvalue weighted by atomic mass is 32.2. The van der Waals surface area contributed by atoms with E-state index in [2.05, 4.69) is 50.5 Å². The molecule has 3 aromatic rings. The number of aromatic nitrogens is 2. The quantitative estimate of drug-likeness (QED) is 0.564. The van der Waals surface area contributed by atoms with E-state index in [0.717, 1.165) is 18.4 Å². The summed E-state index contributed by atoms with van der Waals surface area (Å²) in [5, 5.41) is 6.40. The minimum atomic E-state index is -3.34. The van der Waals surface area contributed by atoms with Crippen molar-refractivity contribution in [2.45, 2.75) is 13.3 Å². The maximum atomic E-state index is 11.4. The number of benzene rings is 2. The van der Waals surface area contributed by atoms with Gasteiger partial charge >= 0.3 is 0 Å². The van der Waals surface area contributed by atoms with Gasteiger partial charge in [-0.25, -0.2) is 13.4 Å². The summed E-state index contributed by atoms with van der Waals surface area (Å²) in [4.78, 5) is 8.73. The van der Waals surface area contributed by atoms with Gasteiger partial charge in [-0.1, -0.05) is 23.8 Å². The van der Waals surface area contributed by atoms with Gasteiger partial charge in [0.25, 0.3) is 0 Å². The third-order valence-corrected chi connectivity index (χ3v) is 4.97. The van der Waals surface area contributed by atoms with Gasteiger partial charge in [-0.3, -0.25) is 4.72 Å². The van der Waals surface area contributed by atoms with Gasteiger partial charge in [0.1, 0.15) is 5.82 Å². The third kappa shape index (κ3) is 4.91. The fraction of sp³-hybridized carbons (Fsp3) is 0.143. The Morgan fingerprint density at radius 3 is 2.59 bits per heavy atom. The van der Waals surface area contributed by atoms with Crippen LogP contribution in [0.1, 0.15) is 18.1 Å². The number of rotatable bonds is 6. The van der Waals surface area contributed by atoms with E-state index in [-0.39, 0.29) is 0 Å². The topological polar surface area (TPSA) is 96.0 Å². The summed E-state index contributed by atoms with van der Waals surface area (Å²) in [6, 6.07) is 15.0. The first kappa shape index (κ1) is 18.9. The number of hydrogen-bond donors (Lipinski definition) is 3. The number of nitrogens with one attached hydrogen (secondary N) is 3. The molecule has 0 atom stereocenters. The van der Waals surface area contributed by atoms with E-state index in [0.29, 0.717) is 23.1 Å². The van der Waals surface area contributed by atoms with E-state index in [4.69, 9.17) is 0 Å². The Labute approximate surface area is 170 Å². The van der Waals surface area contributed by atoms with Crippen molar-refractivity contribution in [2.24, 2.45) is 0 Å². The van der Waals surface area contributed by atoms with E-state index < -0.39 is 10.0 Å². The SMILES string of the molecule is CC1=Cc2cc(Nc3ccnc(Nc4cccc(NS(C)(=O)=O)c4)n3)ccc2C1. The first-order valence-electron chi connectivity index (χ1n) is 9.09. The van der Waals surface area contributed by atoms with Crippen LogP contribution in [-0.4, -0.2) is 24.6 Å². The zero-order valence-electron chi connectivity index (χ0n) is 16.1. The lowest BCUT2D eigenvalue weighted by Gasteiger charge is -2.10. The van der Waals surface area contributed by atoms with Crippen molar-refractivity contribution in [3.63, 3.8) is 0 Å². The van der Waals surface area contributed by atoms with Gasteiger partial charge < -0.3 is 10.6 Å². The molecule has 148 valence electrons. The molecule has 1 aromatic heterocycles. The zero-order chi connectivity index (χ0) is 20.4. The van der Waals surface area contributed by atoms with Gasteiger partial charge in [0.15, 0.2) is 0 Å². The number of allylic oxidation sites excluding steroid dienone is 1. The Balaban J connectivity index is 1.50. The lowest BCUT2D eigenvalue weighted by atomic mass is 10.1. The maximum absolute atomic E-state index is 11.4. The molecule has 7 nitrogen and oxygen atoms in total. The van der Waals surface area contributed by atoms with Crippen LogP contribution < -0.4 is 15.4 Å². The van der Waals surface area contributed by atoms with Crippen molar-refractivity contribution in [3.05, 3.63) is 71.4 Å². The van der Waals surface area contributed by atoms with Crippen molar-refractivity contribution < 1.29 is 8.42 Å². The van der Waals surface area contributed by atoms with Crippen LogP contribution >= 0.6 is 0 Å². The Kier molecular flexibility index (Phi) is 4.94. The molecule has 0 radical (unpaired) electrons. The van der Waals surface area contributed by atoms with Crippen LogP contribution in [0.25, 0.3) is 6.08 Å². The second-order valence-corrected chi connectivity index (χ2v) is 8.80. The number of sulfonamides is 1. The predicted molar refractivity (Wildman–Crippen MR) is 117 cm³/mol. The van der Waals surface area contributed by atoms with Crippen LogP contribution in [0.4, 0.5) is 28.8 Å². The molecule has 4 rings (SSSR count). The second kappa shape index (κ2) is 7.56. The molecule has 0 saturated heterocycles. The Morgan fingerprint density at radius 1 is 0.966 bits per heavy atom. The molecule has 2 aromatic carbocycles. The van der Waals surface area contributed by atoms with Crippen molar-refractivity contribution in [2.75, 3.05) is 21.6 Å². The summed E-state index contributed by atoms with van der Waals surface area (Å²) >= 11 is 0. The first-order chi connectivity index (χ1) is 13.8. The van der Waals surface area contributed by atoms with Crippen molar-refractivity contribution in [3.8, 4) is 0 Å².